The number of rotatable bonds is 8. The predicted molar refractivity (Wildman–Crippen MR) is 107 cm³/mol. The smallest absolute Gasteiger partial charge is 0.273 e. The molecule has 0 spiro atoms. The molecule has 2 N–H and O–H groups in total. The Morgan fingerprint density at radius 1 is 1.32 bits per heavy atom. The zero-order chi connectivity index (χ0) is 19.9. The van der Waals surface area contributed by atoms with Crippen LogP contribution in [0, 0.1) is 0 Å². The highest BCUT2D eigenvalue weighted by molar-refractivity contribution is 5.76. The van der Waals surface area contributed by atoms with E-state index in [0.717, 1.165) is 30.6 Å². The molecule has 1 atom stereocenters. The van der Waals surface area contributed by atoms with Crippen molar-refractivity contribution in [1.82, 2.24) is 20.5 Å². The van der Waals surface area contributed by atoms with E-state index >= 15 is 0 Å². The average Bonchev–Trinajstić information content (AvgIpc) is 3.20. The second-order valence-corrected chi connectivity index (χ2v) is 7.36. The molecule has 1 heterocycles. The first-order valence-electron chi connectivity index (χ1n) is 10.1. The summed E-state index contributed by atoms with van der Waals surface area (Å²) in [5.41, 5.74) is 0.695. The molecule has 1 aliphatic carbocycles. The summed E-state index contributed by atoms with van der Waals surface area (Å²) in [6.45, 7) is 4.07. The molecule has 150 valence electrons. The van der Waals surface area contributed by atoms with E-state index in [4.69, 9.17) is 4.74 Å². The van der Waals surface area contributed by atoms with Gasteiger partial charge in [0, 0.05) is 24.4 Å². The van der Waals surface area contributed by atoms with Crippen molar-refractivity contribution in [3.63, 3.8) is 0 Å². The van der Waals surface area contributed by atoms with Crippen LogP contribution in [0.4, 0.5) is 0 Å². The van der Waals surface area contributed by atoms with E-state index in [1.807, 2.05) is 31.2 Å². The van der Waals surface area contributed by atoms with Crippen LogP contribution in [0.5, 0.6) is 5.75 Å². The Balaban J connectivity index is 1.63. The molecular formula is C21H28N4O3. The largest absolute Gasteiger partial charge is 0.491 e. The molecule has 0 saturated heterocycles. The van der Waals surface area contributed by atoms with E-state index in [2.05, 4.69) is 27.4 Å². The Bertz CT molecular complexity index is 859. The fraction of sp³-hybridized carbons (Fsp3) is 0.524. The monoisotopic (exact) mass is 384 g/mol. The van der Waals surface area contributed by atoms with E-state index in [1.54, 1.807) is 0 Å². The Morgan fingerprint density at radius 3 is 2.82 bits per heavy atom. The second kappa shape index (κ2) is 9.48. The summed E-state index contributed by atoms with van der Waals surface area (Å²) in [5, 5.41) is 11.2. The lowest BCUT2D eigenvalue weighted by Gasteiger charge is -2.13. The quantitative estimate of drug-likeness (QED) is 0.729. The summed E-state index contributed by atoms with van der Waals surface area (Å²) < 4.78 is 5.81. The Hall–Kier alpha value is -2.70. The second-order valence-electron chi connectivity index (χ2n) is 7.36. The molecule has 7 nitrogen and oxygen atoms in total. The first-order valence-corrected chi connectivity index (χ1v) is 10.1. The summed E-state index contributed by atoms with van der Waals surface area (Å²) in [4.78, 5) is 27.2. The zero-order valence-electron chi connectivity index (χ0n) is 16.5. The third kappa shape index (κ3) is 5.41. The minimum absolute atomic E-state index is 0.0351. The Morgan fingerprint density at radius 2 is 2.11 bits per heavy atom. The van der Waals surface area contributed by atoms with Crippen LogP contribution in [0.15, 0.2) is 29.1 Å². The number of benzene rings is 1. The number of amides is 1. The summed E-state index contributed by atoms with van der Waals surface area (Å²) in [7, 11) is 0. The average molecular weight is 384 g/mol. The van der Waals surface area contributed by atoms with E-state index in [-0.39, 0.29) is 42.1 Å². The lowest BCUT2D eigenvalue weighted by atomic mass is 10.2. The number of carbonyl (C=O) groups is 1. The summed E-state index contributed by atoms with van der Waals surface area (Å²) in [6.07, 6.45) is 5.95. The van der Waals surface area contributed by atoms with Gasteiger partial charge in [-0.1, -0.05) is 31.9 Å². The van der Waals surface area contributed by atoms with Gasteiger partial charge in [-0.25, -0.2) is 0 Å². The van der Waals surface area contributed by atoms with Crippen LogP contribution in [0.3, 0.4) is 0 Å². The van der Waals surface area contributed by atoms with Crippen molar-refractivity contribution in [2.24, 2.45) is 0 Å². The summed E-state index contributed by atoms with van der Waals surface area (Å²) in [6, 6.07) is 7.69. The van der Waals surface area contributed by atoms with Crippen molar-refractivity contribution in [3.05, 3.63) is 40.3 Å². The van der Waals surface area contributed by atoms with Crippen LogP contribution in [-0.2, 0) is 11.2 Å². The number of nitrogens with zero attached hydrogens (tertiary/aromatic N) is 2. The van der Waals surface area contributed by atoms with Crippen molar-refractivity contribution >= 4 is 5.91 Å². The highest BCUT2D eigenvalue weighted by Gasteiger charge is 2.17. The van der Waals surface area contributed by atoms with Crippen molar-refractivity contribution in [3.8, 4) is 17.1 Å². The molecule has 7 heteroatoms. The number of ether oxygens (including phenoxy) is 1. The summed E-state index contributed by atoms with van der Waals surface area (Å²) >= 11 is 0. The van der Waals surface area contributed by atoms with E-state index < -0.39 is 0 Å². The van der Waals surface area contributed by atoms with Crippen LogP contribution in [0.25, 0.3) is 11.4 Å². The van der Waals surface area contributed by atoms with Gasteiger partial charge in [0.25, 0.3) is 5.56 Å². The van der Waals surface area contributed by atoms with Gasteiger partial charge in [-0.05, 0) is 38.3 Å². The van der Waals surface area contributed by atoms with Crippen LogP contribution in [0.1, 0.15) is 58.1 Å². The van der Waals surface area contributed by atoms with Gasteiger partial charge < -0.3 is 15.0 Å². The van der Waals surface area contributed by atoms with Gasteiger partial charge >= 0.3 is 0 Å². The van der Waals surface area contributed by atoms with Crippen molar-refractivity contribution < 1.29 is 9.53 Å². The fourth-order valence-electron chi connectivity index (χ4n) is 3.29. The number of aromatic amines is 1. The van der Waals surface area contributed by atoms with Crippen LogP contribution in [0.2, 0.25) is 0 Å². The van der Waals surface area contributed by atoms with Gasteiger partial charge in [-0.15, -0.1) is 10.2 Å². The Labute approximate surface area is 164 Å². The lowest BCUT2D eigenvalue weighted by molar-refractivity contribution is -0.121. The van der Waals surface area contributed by atoms with Gasteiger partial charge in [0.2, 0.25) is 5.91 Å². The highest BCUT2D eigenvalue weighted by Crippen LogP contribution is 2.21. The van der Waals surface area contributed by atoms with Crippen molar-refractivity contribution in [2.75, 3.05) is 0 Å². The molecule has 0 aliphatic heterocycles. The van der Waals surface area contributed by atoms with E-state index in [0.29, 0.717) is 5.82 Å². The molecule has 1 amide bonds. The number of H-pyrrole nitrogens is 1. The van der Waals surface area contributed by atoms with Gasteiger partial charge in [0.05, 0.1) is 6.10 Å². The van der Waals surface area contributed by atoms with Gasteiger partial charge in [0.1, 0.15) is 11.4 Å². The maximum absolute atomic E-state index is 12.4. The first kappa shape index (κ1) is 20.0. The standard InChI is InChI=1S/C21H28N4O3/c1-3-14(2)28-17-10-6-7-15(13-17)20-23-21(27)18(24-25-20)11-12-19(26)22-16-8-4-5-9-16/h6-7,10,13-14,16H,3-5,8-9,11-12H2,1-2H3,(H,22,26)(H,23,25,27)/t14-/m1/s1. The van der Waals surface area contributed by atoms with Gasteiger partial charge in [0.15, 0.2) is 5.82 Å². The van der Waals surface area contributed by atoms with Gasteiger partial charge in [-0.3, -0.25) is 9.59 Å². The van der Waals surface area contributed by atoms with Crippen LogP contribution >= 0.6 is 0 Å². The maximum Gasteiger partial charge on any atom is 0.273 e. The van der Waals surface area contributed by atoms with Gasteiger partial charge in [-0.2, -0.15) is 0 Å². The normalized spacial score (nSPS) is 15.4. The number of aryl methyl sites for hydroxylation is 1. The zero-order valence-corrected chi connectivity index (χ0v) is 16.5. The van der Waals surface area contributed by atoms with E-state index in [9.17, 15) is 9.59 Å². The number of aromatic nitrogens is 3. The number of nitrogens with one attached hydrogen (secondary N) is 2. The van der Waals surface area contributed by atoms with Crippen LogP contribution < -0.4 is 15.6 Å². The number of carbonyl (C=O) groups excluding carboxylic acids is 1. The Kier molecular flexibility index (Phi) is 6.79. The van der Waals surface area contributed by atoms with Crippen molar-refractivity contribution in [1.29, 1.82) is 0 Å². The minimum Gasteiger partial charge on any atom is -0.491 e. The molecule has 2 aromatic rings. The number of hydrogen-bond acceptors (Lipinski definition) is 5. The number of hydrogen-bond donors (Lipinski definition) is 2. The van der Waals surface area contributed by atoms with Crippen LogP contribution in [-0.4, -0.2) is 33.2 Å². The summed E-state index contributed by atoms with van der Waals surface area (Å²) in [5.74, 6) is 1.08. The first-order chi connectivity index (χ1) is 13.5. The van der Waals surface area contributed by atoms with E-state index in [1.165, 1.54) is 12.8 Å². The third-order valence-electron chi connectivity index (χ3n) is 5.09. The molecular weight excluding hydrogens is 356 g/mol. The molecule has 3 rings (SSSR count). The molecule has 1 aliphatic rings. The topological polar surface area (TPSA) is 97.0 Å². The SMILES string of the molecule is CC[C@@H](C)Oc1cccc(-c2nnc(CCC(=O)NC3CCCC3)c(=O)[nH]2)c1. The molecule has 1 saturated carbocycles. The maximum atomic E-state index is 12.4. The fourth-order valence-corrected chi connectivity index (χ4v) is 3.29. The molecule has 1 aromatic heterocycles. The third-order valence-corrected chi connectivity index (χ3v) is 5.09. The molecule has 0 radical (unpaired) electrons. The molecule has 0 unspecified atom stereocenters. The van der Waals surface area contributed by atoms with Crippen molar-refractivity contribution in [2.45, 2.75) is 70.9 Å². The molecule has 1 aromatic carbocycles. The lowest BCUT2D eigenvalue weighted by Crippen LogP contribution is -2.33. The predicted octanol–water partition coefficient (Wildman–Crippen LogP) is 3.00. The minimum atomic E-state index is -0.313. The molecule has 28 heavy (non-hydrogen) atoms. The molecule has 1 fully saturated rings. The molecule has 0 bridgehead atoms. The highest BCUT2D eigenvalue weighted by atomic mass is 16.5.